The maximum atomic E-state index is 13.5. The van der Waals surface area contributed by atoms with E-state index >= 15 is 0 Å². The van der Waals surface area contributed by atoms with Crippen LogP contribution in [0.4, 0.5) is 10.5 Å². The predicted molar refractivity (Wildman–Crippen MR) is 121 cm³/mol. The van der Waals surface area contributed by atoms with Crippen LogP contribution in [0.1, 0.15) is 22.2 Å². The van der Waals surface area contributed by atoms with E-state index in [-0.39, 0.29) is 12.1 Å². The molecule has 2 amide bonds. The topological polar surface area (TPSA) is 37.3 Å². The average molecular weight is 464 g/mol. The number of fused-ring (bicyclic) bond motifs is 3. The number of carbonyl (C=O) groups excluding carboxylic acids is 1. The number of anilines is 1. The van der Waals surface area contributed by atoms with Crippen LogP contribution in [0.3, 0.4) is 0 Å². The van der Waals surface area contributed by atoms with Crippen molar-refractivity contribution in [1.82, 2.24) is 9.47 Å². The molecule has 4 nitrogen and oxygen atoms in total. The molecule has 6 heteroatoms. The molecule has 0 unspecified atom stereocenters. The van der Waals surface area contributed by atoms with Gasteiger partial charge < -0.3 is 14.8 Å². The van der Waals surface area contributed by atoms with Gasteiger partial charge in [0.05, 0.1) is 23.6 Å². The van der Waals surface area contributed by atoms with Gasteiger partial charge in [-0.2, -0.15) is 0 Å². The summed E-state index contributed by atoms with van der Waals surface area (Å²) in [6.07, 6.45) is 2.07. The van der Waals surface area contributed by atoms with Crippen LogP contribution >= 0.6 is 27.3 Å². The Morgan fingerprint density at radius 1 is 1.00 bits per heavy atom. The van der Waals surface area contributed by atoms with Gasteiger partial charge in [0.15, 0.2) is 0 Å². The summed E-state index contributed by atoms with van der Waals surface area (Å²) in [5, 5.41) is 5.15. The zero-order valence-electron chi connectivity index (χ0n) is 15.5. The number of hydrogen-bond acceptors (Lipinski definition) is 2. The van der Waals surface area contributed by atoms with E-state index in [2.05, 4.69) is 61.7 Å². The van der Waals surface area contributed by atoms with Crippen LogP contribution in [0, 0.1) is 0 Å². The second-order valence-electron chi connectivity index (χ2n) is 6.89. The minimum Gasteiger partial charge on any atom is -0.318 e. The van der Waals surface area contributed by atoms with E-state index in [9.17, 15) is 4.79 Å². The van der Waals surface area contributed by atoms with Gasteiger partial charge in [-0.15, -0.1) is 11.3 Å². The molecular weight excluding hydrogens is 446 g/mol. The monoisotopic (exact) mass is 463 g/mol. The summed E-state index contributed by atoms with van der Waals surface area (Å²) in [6.45, 7) is 0.525. The zero-order chi connectivity index (χ0) is 19.8. The maximum absolute atomic E-state index is 13.5. The third-order valence-electron chi connectivity index (χ3n) is 5.15. The number of para-hydroxylation sites is 2. The van der Waals surface area contributed by atoms with Crippen molar-refractivity contribution in [1.29, 1.82) is 0 Å². The Labute approximate surface area is 181 Å². The molecule has 1 aliphatic rings. The first-order chi connectivity index (χ1) is 14.2. The van der Waals surface area contributed by atoms with Crippen molar-refractivity contribution in [2.24, 2.45) is 0 Å². The highest BCUT2D eigenvalue weighted by molar-refractivity contribution is 9.10. The highest BCUT2D eigenvalue weighted by Crippen LogP contribution is 2.38. The van der Waals surface area contributed by atoms with E-state index in [0.717, 1.165) is 32.0 Å². The largest absolute Gasteiger partial charge is 0.323 e. The first kappa shape index (κ1) is 18.2. The Morgan fingerprint density at radius 2 is 1.83 bits per heavy atom. The summed E-state index contributed by atoms with van der Waals surface area (Å²) in [4.78, 5) is 16.6. The van der Waals surface area contributed by atoms with Gasteiger partial charge >= 0.3 is 6.03 Å². The minimum atomic E-state index is -0.167. The Morgan fingerprint density at radius 3 is 2.66 bits per heavy atom. The molecule has 0 aliphatic carbocycles. The lowest BCUT2D eigenvalue weighted by Gasteiger charge is -2.30. The number of aromatic nitrogens is 1. The highest BCUT2D eigenvalue weighted by atomic mass is 79.9. The molecule has 0 saturated carbocycles. The molecule has 3 heterocycles. The fourth-order valence-corrected chi connectivity index (χ4v) is 5.07. The van der Waals surface area contributed by atoms with Crippen molar-refractivity contribution < 1.29 is 4.79 Å². The van der Waals surface area contributed by atoms with Crippen LogP contribution in [0.25, 0.3) is 5.69 Å². The lowest BCUT2D eigenvalue weighted by Crippen LogP contribution is -2.37. The van der Waals surface area contributed by atoms with Crippen LogP contribution < -0.4 is 5.32 Å². The second kappa shape index (κ2) is 7.54. The van der Waals surface area contributed by atoms with Gasteiger partial charge in [0, 0.05) is 15.5 Å². The van der Waals surface area contributed by atoms with Gasteiger partial charge in [-0.25, -0.2) is 4.79 Å². The number of hydrogen-bond donors (Lipinski definition) is 1. The van der Waals surface area contributed by atoms with E-state index in [0.29, 0.717) is 6.54 Å². The normalized spacial score (nSPS) is 15.3. The number of halogens is 1. The minimum absolute atomic E-state index is 0.125. The van der Waals surface area contributed by atoms with E-state index < -0.39 is 0 Å². The molecule has 5 rings (SSSR count). The van der Waals surface area contributed by atoms with Crippen LogP contribution in [-0.2, 0) is 6.54 Å². The predicted octanol–water partition coefficient (Wildman–Crippen LogP) is 6.44. The van der Waals surface area contributed by atoms with E-state index in [1.807, 2.05) is 53.4 Å². The Kier molecular flexibility index (Phi) is 4.73. The molecule has 144 valence electrons. The molecule has 2 aromatic heterocycles. The summed E-state index contributed by atoms with van der Waals surface area (Å²) in [7, 11) is 0. The Bertz CT molecular complexity index is 1170. The number of thiophene rings is 1. The lowest BCUT2D eigenvalue weighted by molar-refractivity contribution is 0.195. The Hall–Kier alpha value is -2.83. The van der Waals surface area contributed by atoms with Crippen molar-refractivity contribution in [3.05, 3.63) is 105 Å². The van der Waals surface area contributed by atoms with Gasteiger partial charge in [-0.3, -0.25) is 0 Å². The standard InChI is InChI=1S/C23H18BrN3OS/c24-17-8-2-3-9-18(17)25-23(28)27-15-16-7-1-4-10-19(16)26-13-5-11-20(26)22(27)21-12-6-14-29-21/h1-14,22H,15H2,(H,25,28)/t22-/m0/s1. The second-order valence-corrected chi connectivity index (χ2v) is 8.72. The van der Waals surface area contributed by atoms with E-state index in [1.165, 1.54) is 0 Å². The molecule has 0 fully saturated rings. The number of nitrogens with one attached hydrogen (secondary N) is 1. The van der Waals surface area contributed by atoms with Crippen molar-refractivity contribution in [2.75, 3.05) is 5.32 Å². The van der Waals surface area contributed by atoms with Gasteiger partial charge in [-0.1, -0.05) is 36.4 Å². The maximum Gasteiger partial charge on any atom is 0.323 e. The van der Waals surface area contributed by atoms with E-state index in [1.54, 1.807) is 11.3 Å². The molecular formula is C23H18BrN3OS. The van der Waals surface area contributed by atoms with Crippen LogP contribution in [-0.4, -0.2) is 15.5 Å². The molecule has 1 atom stereocenters. The van der Waals surface area contributed by atoms with Crippen molar-refractivity contribution >= 4 is 39.0 Å². The third-order valence-corrected chi connectivity index (χ3v) is 6.77. The average Bonchev–Trinajstić information content (AvgIpc) is 3.41. The molecule has 29 heavy (non-hydrogen) atoms. The quantitative estimate of drug-likeness (QED) is 0.364. The summed E-state index contributed by atoms with van der Waals surface area (Å²) in [5.41, 5.74) is 4.08. The lowest BCUT2D eigenvalue weighted by atomic mass is 10.1. The van der Waals surface area contributed by atoms with Gasteiger partial charge in [0.2, 0.25) is 0 Å². The molecule has 1 aliphatic heterocycles. The fraction of sp³-hybridized carbons (Fsp3) is 0.0870. The molecule has 1 N–H and O–H groups in total. The van der Waals surface area contributed by atoms with Crippen molar-refractivity contribution in [3.8, 4) is 5.69 Å². The molecule has 4 aromatic rings. The van der Waals surface area contributed by atoms with Crippen LogP contribution in [0.2, 0.25) is 0 Å². The SMILES string of the molecule is O=C(Nc1ccccc1Br)N1Cc2ccccc2-n2cccc2[C@H]1c1cccs1. The number of carbonyl (C=O) groups is 1. The highest BCUT2D eigenvalue weighted by Gasteiger charge is 2.33. The zero-order valence-corrected chi connectivity index (χ0v) is 17.9. The van der Waals surface area contributed by atoms with Crippen LogP contribution in [0.15, 0.2) is 88.8 Å². The molecule has 0 saturated heterocycles. The first-order valence-corrected chi connectivity index (χ1v) is 11.0. The summed E-state index contributed by atoms with van der Waals surface area (Å²) < 4.78 is 3.06. The summed E-state index contributed by atoms with van der Waals surface area (Å²) in [6, 6.07) is 23.9. The molecule has 2 aromatic carbocycles. The number of urea groups is 1. The van der Waals surface area contributed by atoms with Crippen molar-refractivity contribution in [2.45, 2.75) is 12.6 Å². The number of benzene rings is 2. The Balaban J connectivity index is 1.63. The molecule has 0 spiro atoms. The first-order valence-electron chi connectivity index (χ1n) is 9.33. The molecule has 0 bridgehead atoms. The number of rotatable bonds is 2. The third kappa shape index (κ3) is 3.28. The molecule has 0 radical (unpaired) electrons. The number of nitrogens with zero attached hydrogens (tertiary/aromatic N) is 2. The van der Waals surface area contributed by atoms with E-state index in [4.69, 9.17) is 0 Å². The van der Waals surface area contributed by atoms with Crippen LogP contribution in [0.5, 0.6) is 0 Å². The van der Waals surface area contributed by atoms with Crippen molar-refractivity contribution in [3.63, 3.8) is 0 Å². The van der Waals surface area contributed by atoms with Gasteiger partial charge in [0.25, 0.3) is 0 Å². The fourth-order valence-electron chi connectivity index (χ4n) is 3.84. The summed E-state index contributed by atoms with van der Waals surface area (Å²) >= 11 is 5.20. The van der Waals surface area contributed by atoms with Gasteiger partial charge in [-0.05, 0) is 63.3 Å². The summed E-state index contributed by atoms with van der Waals surface area (Å²) in [5.74, 6) is 0. The smallest absolute Gasteiger partial charge is 0.318 e. The van der Waals surface area contributed by atoms with Gasteiger partial charge in [0.1, 0.15) is 6.04 Å². The number of amides is 2.